The van der Waals surface area contributed by atoms with Crippen molar-refractivity contribution in [1.82, 2.24) is 30.2 Å². The summed E-state index contributed by atoms with van der Waals surface area (Å²) in [5, 5.41) is 14.5. The average molecular weight is 874 g/mol. The van der Waals surface area contributed by atoms with Gasteiger partial charge in [-0.3, -0.25) is 19.1 Å². The van der Waals surface area contributed by atoms with Crippen LogP contribution < -0.4 is 20.1 Å². The number of aromatic nitrogens is 2. The Kier molecular flexibility index (Phi) is 10.3. The number of carbonyl (C=O) groups excluding carboxylic acids is 4. The van der Waals surface area contributed by atoms with Gasteiger partial charge < -0.3 is 25.0 Å². The first-order valence-corrected chi connectivity index (χ1v) is 21.9. The molecule has 20 heteroatoms. The van der Waals surface area contributed by atoms with E-state index < -0.39 is 123 Å². The molecule has 2 aliphatic heterocycles. The number of nitrogens with one attached hydrogen (secondary N) is 3. The van der Waals surface area contributed by atoms with Gasteiger partial charge in [0.2, 0.25) is 34.1 Å². The molecule has 4 aliphatic carbocycles. The Morgan fingerprint density at radius 3 is 2.46 bits per heavy atom. The Morgan fingerprint density at radius 2 is 1.80 bits per heavy atom. The number of hydrogen-bond donors (Lipinski definition) is 3. The predicted molar refractivity (Wildman–Crippen MR) is 207 cm³/mol. The van der Waals surface area contributed by atoms with Crippen molar-refractivity contribution in [3.05, 3.63) is 41.6 Å². The second-order valence-electron chi connectivity index (χ2n) is 18.7. The zero-order chi connectivity index (χ0) is 44.0. The number of carbonyl (C=O) groups is 4. The van der Waals surface area contributed by atoms with Crippen LogP contribution in [0.4, 0.5) is 22.4 Å². The van der Waals surface area contributed by atoms with Gasteiger partial charge in [0.25, 0.3) is 5.91 Å². The average Bonchev–Trinajstić information content (AvgIpc) is 4.14. The van der Waals surface area contributed by atoms with Gasteiger partial charge in [-0.25, -0.2) is 32.0 Å². The minimum Gasteiger partial charge on any atom is -0.471 e. The molecule has 1 saturated heterocycles. The highest BCUT2D eigenvalue weighted by Crippen LogP contribution is 2.58. The molecule has 0 radical (unpaired) electrons. The standard InChI is InChI=1S/C41H47F4N7O8S/c1-38(2,3)31-35(54)52-19-22(16-28(52)33(53)50-40(17-25(40)32(42)43)36(55)51-61(57,58)39(4)11-12-39)59-34-30(47-26-9-8-20(18-46)13-27(26)48-34)41(44,45)10-6-5-7-23-24-14-21(24)15-29(23)60-37(56)49-31/h6,8-10,13,21-25,28-29,31-32H,5,7,11-12,14-17,19H2,1-4H3,(H,49,56)(H,50,53)(H,51,55)/b10-6-/t21-,22+,23+,24-,25-,28-,29+,31+,40+/m0/s1. The van der Waals surface area contributed by atoms with Crippen molar-refractivity contribution in [3.8, 4) is 11.9 Å². The third kappa shape index (κ3) is 7.98. The minimum atomic E-state index is -4.32. The van der Waals surface area contributed by atoms with E-state index in [4.69, 9.17) is 9.47 Å². The second-order valence-corrected chi connectivity index (χ2v) is 20.9. The zero-order valence-corrected chi connectivity index (χ0v) is 34.7. The Bertz CT molecular complexity index is 2370. The molecule has 9 atom stereocenters. The number of alkyl halides is 4. The van der Waals surface area contributed by atoms with Crippen LogP contribution in [-0.4, -0.2) is 94.6 Å². The van der Waals surface area contributed by atoms with Gasteiger partial charge in [-0.05, 0) is 99.3 Å². The number of hydrogen-bond acceptors (Lipinski definition) is 11. The lowest BCUT2D eigenvalue weighted by molar-refractivity contribution is -0.143. The molecule has 0 spiro atoms. The van der Waals surface area contributed by atoms with E-state index in [1.165, 1.54) is 31.2 Å². The van der Waals surface area contributed by atoms with Crippen molar-refractivity contribution in [1.29, 1.82) is 5.26 Å². The lowest BCUT2D eigenvalue weighted by atomic mass is 9.85. The third-order valence-corrected chi connectivity index (χ3v) is 15.4. The summed E-state index contributed by atoms with van der Waals surface area (Å²) in [4.78, 5) is 65.8. The van der Waals surface area contributed by atoms with Crippen LogP contribution in [0.1, 0.15) is 90.3 Å². The predicted octanol–water partition coefficient (Wildman–Crippen LogP) is 4.60. The number of allylic oxidation sites excluding steroid dienone is 2. The molecule has 4 amide bonds. The number of alkyl carbamates (subject to hydrolysis) is 1. The van der Waals surface area contributed by atoms with Crippen molar-refractivity contribution < 1.29 is 54.6 Å². The summed E-state index contributed by atoms with van der Waals surface area (Å²) in [5.41, 5.74) is -4.04. The van der Waals surface area contributed by atoms with E-state index in [-0.39, 0.29) is 47.7 Å². The fraction of sp³-hybridized carbons (Fsp3) is 0.634. The molecule has 2 bridgehead atoms. The molecule has 15 nitrogen and oxygen atoms in total. The molecule has 6 aliphatic rings. The quantitative estimate of drug-likeness (QED) is 0.270. The van der Waals surface area contributed by atoms with Crippen LogP contribution in [-0.2, 0) is 35.1 Å². The smallest absolute Gasteiger partial charge is 0.408 e. The molecule has 1 aromatic heterocycles. The number of amides is 4. The zero-order valence-electron chi connectivity index (χ0n) is 33.9. The maximum absolute atomic E-state index is 16.3. The van der Waals surface area contributed by atoms with E-state index in [0.29, 0.717) is 24.8 Å². The number of halogens is 4. The summed E-state index contributed by atoms with van der Waals surface area (Å²) in [5.74, 6) is -9.06. The van der Waals surface area contributed by atoms with Crippen LogP contribution >= 0.6 is 0 Å². The van der Waals surface area contributed by atoms with Crippen LogP contribution in [0.5, 0.6) is 5.88 Å². The van der Waals surface area contributed by atoms with Crippen molar-refractivity contribution in [2.24, 2.45) is 29.1 Å². The number of nitriles is 1. The largest absolute Gasteiger partial charge is 0.471 e. The fourth-order valence-electron chi connectivity index (χ4n) is 9.13. The monoisotopic (exact) mass is 873 g/mol. The molecule has 2 aromatic rings. The highest BCUT2D eigenvalue weighted by molar-refractivity contribution is 7.91. The number of nitrogens with zero attached hydrogens (tertiary/aromatic N) is 4. The number of sulfonamides is 1. The van der Waals surface area contributed by atoms with Crippen molar-refractivity contribution >= 4 is 44.9 Å². The Labute approximate surface area is 349 Å². The summed E-state index contributed by atoms with van der Waals surface area (Å²) in [7, 11) is -4.32. The maximum atomic E-state index is 16.3. The molecule has 4 saturated carbocycles. The van der Waals surface area contributed by atoms with E-state index in [1.54, 1.807) is 20.8 Å². The molecule has 328 valence electrons. The summed E-state index contributed by atoms with van der Waals surface area (Å²) in [6.45, 7) is 5.90. The summed E-state index contributed by atoms with van der Waals surface area (Å²) in [6, 6.07) is 3.08. The summed E-state index contributed by atoms with van der Waals surface area (Å²) < 4.78 is 99.8. The first-order valence-electron chi connectivity index (χ1n) is 20.4. The van der Waals surface area contributed by atoms with E-state index in [0.717, 1.165) is 11.3 Å². The number of ether oxygens (including phenoxy) is 2. The van der Waals surface area contributed by atoms with Gasteiger partial charge in [0.1, 0.15) is 29.8 Å². The van der Waals surface area contributed by atoms with E-state index in [9.17, 15) is 41.6 Å². The first-order chi connectivity index (χ1) is 28.6. The van der Waals surface area contributed by atoms with Gasteiger partial charge in [0.05, 0.1) is 39.9 Å². The van der Waals surface area contributed by atoms with Crippen LogP contribution in [0.2, 0.25) is 0 Å². The second kappa shape index (κ2) is 14.8. The lowest BCUT2D eigenvalue weighted by Crippen LogP contribution is -2.60. The molecule has 5 fully saturated rings. The molecule has 0 unspecified atom stereocenters. The molecule has 61 heavy (non-hydrogen) atoms. The number of rotatable bonds is 6. The SMILES string of the molecule is CC(C)(C)[C@@H]1NC(=O)O[C@@H]2C[C@@H]3C[C@@H]3[C@H]2CC/C=C\C(F)(F)c2nc3ccc(C#N)cc3nc2O[C@@H]2C[C@@H](C(=O)N[C@]3(C(=O)NS(=O)(=O)C4(C)CC4)C[C@H]3C(F)F)N(C2)C1=O. The Morgan fingerprint density at radius 1 is 1.07 bits per heavy atom. The normalized spacial score (nSPS) is 33.3. The van der Waals surface area contributed by atoms with Gasteiger partial charge in [0.15, 0.2) is 5.69 Å². The molecule has 1 aromatic carbocycles. The highest BCUT2D eigenvalue weighted by Gasteiger charge is 2.67. The van der Waals surface area contributed by atoms with Gasteiger partial charge in [-0.1, -0.05) is 26.8 Å². The van der Waals surface area contributed by atoms with Crippen LogP contribution in [0, 0.1) is 40.4 Å². The highest BCUT2D eigenvalue weighted by atomic mass is 32.2. The lowest BCUT2D eigenvalue weighted by Gasteiger charge is -2.36. The topological polar surface area (TPSA) is 210 Å². The maximum Gasteiger partial charge on any atom is 0.408 e. The van der Waals surface area contributed by atoms with Crippen molar-refractivity contribution in [3.63, 3.8) is 0 Å². The number of fused-ring (bicyclic) bond motifs is 7. The molecular weight excluding hydrogens is 827 g/mol. The van der Waals surface area contributed by atoms with Crippen LogP contribution in [0.3, 0.4) is 0 Å². The number of benzene rings is 1. The fourth-order valence-corrected chi connectivity index (χ4v) is 10.4. The van der Waals surface area contributed by atoms with Gasteiger partial charge in [-0.2, -0.15) is 14.0 Å². The summed E-state index contributed by atoms with van der Waals surface area (Å²) >= 11 is 0. The Hall–Kier alpha value is -5.06. The van der Waals surface area contributed by atoms with Crippen LogP contribution in [0.25, 0.3) is 11.0 Å². The summed E-state index contributed by atoms with van der Waals surface area (Å²) in [6.07, 6.45) is -2.29. The van der Waals surface area contributed by atoms with Gasteiger partial charge >= 0.3 is 12.0 Å². The molecule has 3 heterocycles. The van der Waals surface area contributed by atoms with Crippen molar-refractivity contribution in [2.75, 3.05) is 6.54 Å². The minimum absolute atomic E-state index is 0.0332. The van der Waals surface area contributed by atoms with E-state index in [2.05, 4.69) is 20.6 Å². The van der Waals surface area contributed by atoms with Gasteiger partial charge in [0, 0.05) is 6.42 Å². The van der Waals surface area contributed by atoms with E-state index >= 15 is 8.78 Å². The Balaban J connectivity index is 1.17. The molecule has 3 N–H and O–H groups in total. The van der Waals surface area contributed by atoms with Gasteiger partial charge in [-0.15, -0.1) is 0 Å². The molecular formula is C41H47F4N7O8S. The van der Waals surface area contributed by atoms with Crippen LogP contribution in [0.15, 0.2) is 30.4 Å². The first kappa shape index (κ1) is 42.6. The third-order valence-electron chi connectivity index (χ3n) is 13.3. The molecule has 8 rings (SSSR count). The van der Waals surface area contributed by atoms with Crippen molar-refractivity contribution in [2.45, 2.75) is 126 Å². The van der Waals surface area contributed by atoms with E-state index in [1.807, 2.05) is 10.8 Å².